The van der Waals surface area contributed by atoms with Crippen molar-refractivity contribution >= 4 is 11.6 Å². The maximum Gasteiger partial charge on any atom is 0.259 e. The predicted molar refractivity (Wildman–Crippen MR) is 74.0 cm³/mol. The van der Waals surface area contributed by atoms with Crippen LogP contribution in [0.4, 0.5) is 0 Å². The zero-order valence-electron chi connectivity index (χ0n) is 10.8. The molecular formula is C13H9ClN4O3. The lowest BCUT2D eigenvalue weighted by atomic mass is 10.2. The topological polar surface area (TPSA) is 94.2 Å². The highest BCUT2D eigenvalue weighted by molar-refractivity contribution is 6.33. The Labute approximate surface area is 124 Å². The molecule has 1 aromatic carbocycles. The van der Waals surface area contributed by atoms with Crippen LogP contribution in [-0.4, -0.2) is 32.6 Å². The fourth-order valence-electron chi connectivity index (χ4n) is 1.66. The third-order valence-corrected chi connectivity index (χ3v) is 3.01. The van der Waals surface area contributed by atoms with E-state index in [9.17, 15) is 5.11 Å². The average molecular weight is 305 g/mol. The summed E-state index contributed by atoms with van der Waals surface area (Å²) >= 11 is 6.04. The standard InChI is InChI=1S/C13H9ClN4O3/c1-20-11-5-4-10(16-17-11)12-15-13(21-18-12)8-6-7(19)2-3-9(8)14/h2-6,19H,1H3. The summed E-state index contributed by atoms with van der Waals surface area (Å²) in [5.74, 6) is 0.889. The molecule has 8 heteroatoms. The normalized spacial score (nSPS) is 10.6. The van der Waals surface area contributed by atoms with Gasteiger partial charge in [0, 0.05) is 6.07 Å². The maximum atomic E-state index is 9.50. The Balaban J connectivity index is 1.97. The zero-order valence-corrected chi connectivity index (χ0v) is 11.6. The number of ether oxygens (including phenoxy) is 1. The van der Waals surface area contributed by atoms with Gasteiger partial charge >= 0.3 is 0 Å². The van der Waals surface area contributed by atoms with Crippen molar-refractivity contribution in [3.8, 4) is 34.6 Å². The van der Waals surface area contributed by atoms with E-state index in [0.717, 1.165) is 0 Å². The third kappa shape index (κ3) is 2.63. The molecule has 0 atom stereocenters. The van der Waals surface area contributed by atoms with Gasteiger partial charge in [0.25, 0.3) is 5.89 Å². The number of phenolic OH excluding ortho intramolecular Hbond substituents is 1. The molecule has 21 heavy (non-hydrogen) atoms. The van der Waals surface area contributed by atoms with Gasteiger partial charge in [0.15, 0.2) is 0 Å². The second-order valence-electron chi connectivity index (χ2n) is 4.05. The maximum absolute atomic E-state index is 9.50. The fraction of sp³-hybridized carbons (Fsp3) is 0.0769. The van der Waals surface area contributed by atoms with Gasteiger partial charge in [-0.3, -0.25) is 0 Å². The minimum atomic E-state index is 0.0541. The number of aromatic hydroxyl groups is 1. The molecule has 0 aliphatic rings. The van der Waals surface area contributed by atoms with Crippen molar-refractivity contribution in [2.45, 2.75) is 0 Å². The molecule has 0 saturated carbocycles. The molecule has 0 spiro atoms. The van der Waals surface area contributed by atoms with Crippen LogP contribution in [0.1, 0.15) is 0 Å². The van der Waals surface area contributed by atoms with E-state index in [1.54, 1.807) is 18.2 Å². The molecule has 0 amide bonds. The Morgan fingerprint density at radius 3 is 2.76 bits per heavy atom. The van der Waals surface area contributed by atoms with Gasteiger partial charge in [-0.2, -0.15) is 4.98 Å². The molecule has 0 aliphatic carbocycles. The molecule has 0 aliphatic heterocycles. The molecule has 2 heterocycles. The van der Waals surface area contributed by atoms with Crippen LogP contribution in [-0.2, 0) is 0 Å². The third-order valence-electron chi connectivity index (χ3n) is 2.68. The molecule has 0 saturated heterocycles. The van der Waals surface area contributed by atoms with Crippen LogP contribution >= 0.6 is 11.6 Å². The lowest BCUT2D eigenvalue weighted by molar-refractivity contribution is 0.392. The van der Waals surface area contributed by atoms with Gasteiger partial charge in [-0.15, -0.1) is 10.2 Å². The molecule has 3 aromatic rings. The van der Waals surface area contributed by atoms with Gasteiger partial charge in [-0.05, 0) is 24.3 Å². The van der Waals surface area contributed by atoms with Crippen LogP contribution in [0.15, 0.2) is 34.9 Å². The molecule has 7 nitrogen and oxygen atoms in total. The van der Waals surface area contributed by atoms with Crippen LogP contribution < -0.4 is 4.74 Å². The quantitative estimate of drug-likeness (QED) is 0.794. The number of benzene rings is 1. The van der Waals surface area contributed by atoms with Crippen LogP contribution in [0.25, 0.3) is 23.0 Å². The van der Waals surface area contributed by atoms with Crippen LogP contribution in [0, 0.1) is 0 Å². The van der Waals surface area contributed by atoms with E-state index in [2.05, 4.69) is 20.3 Å². The van der Waals surface area contributed by atoms with Crippen molar-refractivity contribution in [1.82, 2.24) is 20.3 Å². The zero-order chi connectivity index (χ0) is 14.8. The summed E-state index contributed by atoms with van der Waals surface area (Å²) in [4.78, 5) is 4.19. The van der Waals surface area contributed by atoms with Gasteiger partial charge in [-0.1, -0.05) is 16.8 Å². The molecule has 0 bridgehead atoms. The number of nitrogens with zero attached hydrogens (tertiary/aromatic N) is 4. The Morgan fingerprint density at radius 1 is 1.19 bits per heavy atom. The van der Waals surface area contributed by atoms with Crippen molar-refractivity contribution in [1.29, 1.82) is 0 Å². The Morgan fingerprint density at radius 2 is 2.05 bits per heavy atom. The van der Waals surface area contributed by atoms with Gasteiger partial charge in [-0.25, -0.2) is 0 Å². The van der Waals surface area contributed by atoms with E-state index in [1.807, 2.05) is 0 Å². The Bertz CT molecular complexity index is 773. The van der Waals surface area contributed by atoms with E-state index in [-0.39, 0.29) is 17.5 Å². The largest absolute Gasteiger partial charge is 0.508 e. The molecule has 2 aromatic heterocycles. The Kier molecular flexibility index (Phi) is 3.41. The number of phenols is 1. The molecule has 0 radical (unpaired) electrons. The number of halogens is 1. The van der Waals surface area contributed by atoms with Gasteiger partial charge in [0.2, 0.25) is 11.7 Å². The lowest BCUT2D eigenvalue weighted by Gasteiger charge is -1.98. The fourth-order valence-corrected chi connectivity index (χ4v) is 1.86. The van der Waals surface area contributed by atoms with Crippen molar-refractivity contribution < 1.29 is 14.4 Å². The van der Waals surface area contributed by atoms with E-state index >= 15 is 0 Å². The second kappa shape index (κ2) is 5.37. The summed E-state index contributed by atoms with van der Waals surface area (Å²) in [6, 6.07) is 7.75. The number of hydrogen-bond donors (Lipinski definition) is 1. The molecule has 0 unspecified atom stereocenters. The number of hydrogen-bond acceptors (Lipinski definition) is 7. The van der Waals surface area contributed by atoms with Crippen LogP contribution in [0.5, 0.6) is 11.6 Å². The van der Waals surface area contributed by atoms with Crippen molar-refractivity contribution in [2.75, 3.05) is 7.11 Å². The Hall–Kier alpha value is -2.67. The highest BCUT2D eigenvalue weighted by Gasteiger charge is 2.15. The first-order valence-corrected chi connectivity index (χ1v) is 6.26. The monoisotopic (exact) mass is 304 g/mol. The number of rotatable bonds is 3. The van der Waals surface area contributed by atoms with Gasteiger partial charge in [0.1, 0.15) is 11.4 Å². The summed E-state index contributed by atoms with van der Waals surface area (Å²) < 4.78 is 10.1. The highest BCUT2D eigenvalue weighted by atomic mass is 35.5. The second-order valence-corrected chi connectivity index (χ2v) is 4.46. The van der Waals surface area contributed by atoms with Gasteiger partial charge in [0.05, 0.1) is 17.7 Å². The van der Waals surface area contributed by atoms with E-state index < -0.39 is 0 Å². The van der Waals surface area contributed by atoms with E-state index in [4.69, 9.17) is 20.9 Å². The summed E-state index contributed by atoms with van der Waals surface area (Å²) in [6.07, 6.45) is 0. The lowest BCUT2D eigenvalue weighted by Crippen LogP contribution is -1.93. The minimum Gasteiger partial charge on any atom is -0.508 e. The molecule has 0 fully saturated rings. The molecule has 1 N–H and O–H groups in total. The molecular weight excluding hydrogens is 296 g/mol. The number of aromatic nitrogens is 4. The predicted octanol–water partition coefficient (Wildman–Crippen LogP) is 2.56. The summed E-state index contributed by atoms with van der Waals surface area (Å²) in [6.45, 7) is 0. The minimum absolute atomic E-state index is 0.0541. The first-order chi connectivity index (χ1) is 10.2. The van der Waals surface area contributed by atoms with Gasteiger partial charge < -0.3 is 14.4 Å². The SMILES string of the molecule is COc1ccc(-c2noc(-c3cc(O)ccc3Cl)n2)nn1. The summed E-state index contributed by atoms with van der Waals surface area (Å²) in [7, 11) is 1.50. The van der Waals surface area contributed by atoms with Crippen molar-refractivity contribution in [3.05, 3.63) is 35.4 Å². The average Bonchev–Trinajstić information content (AvgIpc) is 2.99. The first kappa shape index (κ1) is 13.3. The number of methoxy groups -OCH3 is 1. The van der Waals surface area contributed by atoms with E-state index in [0.29, 0.717) is 22.2 Å². The van der Waals surface area contributed by atoms with Crippen molar-refractivity contribution in [3.63, 3.8) is 0 Å². The van der Waals surface area contributed by atoms with Crippen LogP contribution in [0.2, 0.25) is 5.02 Å². The van der Waals surface area contributed by atoms with E-state index in [1.165, 1.54) is 19.2 Å². The van der Waals surface area contributed by atoms with Crippen molar-refractivity contribution in [2.24, 2.45) is 0 Å². The molecule has 106 valence electrons. The highest BCUT2D eigenvalue weighted by Crippen LogP contribution is 2.30. The molecule has 3 rings (SSSR count). The smallest absolute Gasteiger partial charge is 0.259 e. The summed E-state index contributed by atoms with van der Waals surface area (Å²) in [5.41, 5.74) is 0.874. The first-order valence-electron chi connectivity index (χ1n) is 5.88. The van der Waals surface area contributed by atoms with Crippen LogP contribution in [0.3, 0.4) is 0 Å². The summed E-state index contributed by atoms with van der Waals surface area (Å²) in [5, 5.41) is 21.5.